The van der Waals surface area contributed by atoms with E-state index in [4.69, 9.17) is 4.98 Å². The molecule has 2 aliphatic carbocycles. The molecule has 0 atom stereocenters. The quantitative estimate of drug-likeness (QED) is 0.204. The molecule has 1 amide bonds. The van der Waals surface area contributed by atoms with Crippen molar-refractivity contribution in [2.75, 3.05) is 0 Å². The van der Waals surface area contributed by atoms with Gasteiger partial charge in [-0.2, -0.15) is 0 Å². The first-order valence-electron chi connectivity index (χ1n) is 15.1. The zero-order valence-electron chi connectivity index (χ0n) is 24.8. The number of rotatable bonds is 7. The number of nitrogens with one attached hydrogen (secondary N) is 1. The van der Waals surface area contributed by atoms with Crippen LogP contribution in [0.4, 0.5) is 4.39 Å². The van der Waals surface area contributed by atoms with Gasteiger partial charge in [0.15, 0.2) is 5.78 Å². The highest BCUT2D eigenvalue weighted by Crippen LogP contribution is 2.47. The lowest BCUT2D eigenvalue weighted by Crippen LogP contribution is -2.36. The van der Waals surface area contributed by atoms with Gasteiger partial charge in [0.25, 0.3) is 5.91 Å². The van der Waals surface area contributed by atoms with E-state index < -0.39 is 5.54 Å². The van der Waals surface area contributed by atoms with Gasteiger partial charge in [-0.3, -0.25) is 9.59 Å². The highest BCUT2D eigenvalue weighted by Gasteiger charge is 2.49. The van der Waals surface area contributed by atoms with Crippen LogP contribution in [-0.2, 0) is 24.4 Å². The molecule has 2 aliphatic rings. The number of ketones is 1. The predicted octanol–water partition coefficient (Wildman–Crippen LogP) is 7.55. The van der Waals surface area contributed by atoms with E-state index in [1.807, 2.05) is 62.6 Å². The smallest absolute Gasteiger partial charge is 0.252 e. The van der Waals surface area contributed by atoms with Crippen molar-refractivity contribution in [1.82, 2.24) is 19.4 Å². The Morgan fingerprint density at radius 3 is 2.40 bits per heavy atom. The maximum absolute atomic E-state index is 13.8. The monoisotopic (exact) mass is 574 g/mol. The molecule has 6 nitrogen and oxygen atoms in total. The third-order valence-corrected chi connectivity index (χ3v) is 9.33. The van der Waals surface area contributed by atoms with Gasteiger partial charge in [-0.15, -0.1) is 0 Å². The van der Waals surface area contributed by atoms with Gasteiger partial charge in [-0.25, -0.2) is 9.37 Å². The van der Waals surface area contributed by atoms with Crippen molar-refractivity contribution < 1.29 is 14.0 Å². The Kier molecular flexibility index (Phi) is 6.56. The van der Waals surface area contributed by atoms with E-state index in [1.165, 1.54) is 37.5 Å². The molecule has 0 spiro atoms. The third-order valence-electron chi connectivity index (χ3n) is 9.33. The fourth-order valence-corrected chi connectivity index (χ4v) is 6.96. The van der Waals surface area contributed by atoms with Gasteiger partial charge >= 0.3 is 0 Å². The second-order valence-corrected chi connectivity index (χ2v) is 12.3. The number of benzene rings is 3. The van der Waals surface area contributed by atoms with Gasteiger partial charge < -0.3 is 14.5 Å². The molecule has 2 heterocycles. The van der Waals surface area contributed by atoms with Crippen molar-refractivity contribution in [2.45, 2.75) is 56.9 Å². The normalized spacial score (nSPS) is 16.5. The predicted molar refractivity (Wildman–Crippen MR) is 168 cm³/mol. The van der Waals surface area contributed by atoms with E-state index >= 15 is 0 Å². The standard InChI is InChI=1S/C36H35FN4O2/c1-22(42)8-9-23-10-17-29-31(20-23)41(3)35(38-29)36(18-19-36)39-34(43)26-13-16-28-30(21-26)40(2)33(25-11-14-27(37)15-12-25)32(28)24-6-4-5-7-24/h8-17,20-21,24H,4-7,18-19H2,1-3H3,(H,39,43)/b9-8+. The summed E-state index contributed by atoms with van der Waals surface area (Å²) in [6.07, 6.45) is 9.72. The largest absolute Gasteiger partial charge is 0.343 e. The van der Waals surface area contributed by atoms with Crippen molar-refractivity contribution in [1.29, 1.82) is 0 Å². The molecular weight excluding hydrogens is 539 g/mol. The Labute approximate surface area is 250 Å². The van der Waals surface area contributed by atoms with E-state index in [-0.39, 0.29) is 17.5 Å². The molecular formula is C36H35FN4O2. The SMILES string of the molecule is CC(=O)/C=C/c1ccc2nc(C3(NC(=O)c4ccc5c(C6CCCC6)c(-c6ccc(F)cc6)n(C)c5c4)CC3)n(C)c2c1. The van der Waals surface area contributed by atoms with E-state index in [0.717, 1.165) is 70.3 Å². The van der Waals surface area contributed by atoms with Gasteiger partial charge in [0, 0.05) is 30.6 Å². The van der Waals surface area contributed by atoms with Crippen LogP contribution < -0.4 is 5.32 Å². The number of amides is 1. The lowest BCUT2D eigenvalue weighted by Gasteiger charge is -2.17. The van der Waals surface area contributed by atoms with Crippen molar-refractivity contribution >= 4 is 39.7 Å². The van der Waals surface area contributed by atoms with Gasteiger partial charge in [0.05, 0.1) is 22.3 Å². The summed E-state index contributed by atoms with van der Waals surface area (Å²) < 4.78 is 18.0. The van der Waals surface area contributed by atoms with Crippen LogP contribution in [0, 0.1) is 5.82 Å². The van der Waals surface area contributed by atoms with Gasteiger partial charge in [0.2, 0.25) is 0 Å². The Bertz CT molecular complexity index is 1940. The van der Waals surface area contributed by atoms with Crippen molar-refractivity contribution in [2.24, 2.45) is 14.1 Å². The number of aromatic nitrogens is 3. The molecule has 2 saturated carbocycles. The molecule has 0 aliphatic heterocycles. The van der Waals surface area contributed by atoms with Gasteiger partial charge in [0.1, 0.15) is 11.6 Å². The minimum absolute atomic E-state index is 0.000377. The Balaban J connectivity index is 1.23. The number of carbonyl (C=O) groups is 2. The summed E-state index contributed by atoms with van der Waals surface area (Å²) in [5, 5.41) is 4.49. The lowest BCUT2D eigenvalue weighted by atomic mass is 9.92. The molecule has 3 aromatic carbocycles. The molecule has 43 heavy (non-hydrogen) atoms. The summed E-state index contributed by atoms with van der Waals surface area (Å²) in [4.78, 5) is 30.1. The van der Waals surface area contributed by atoms with Crippen LogP contribution in [0.3, 0.4) is 0 Å². The van der Waals surface area contributed by atoms with E-state index in [1.54, 1.807) is 6.08 Å². The van der Waals surface area contributed by atoms with Crippen LogP contribution >= 0.6 is 0 Å². The van der Waals surface area contributed by atoms with Crippen molar-refractivity contribution in [3.8, 4) is 11.3 Å². The molecule has 5 aromatic rings. The minimum atomic E-state index is -0.516. The highest BCUT2D eigenvalue weighted by atomic mass is 19.1. The number of allylic oxidation sites excluding steroid dienone is 1. The van der Waals surface area contributed by atoms with E-state index in [9.17, 15) is 14.0 Å². The number of imidazole rings is 1. The molecule has 1 N–H and O–H groups in total. The lowest BCUT2D eigenvalue weighted by molar-refractivity contribution is -0.112. The van der Waals surface area contributed by atoms with E-state index in [2.05, 4.69) is 20.5 Å². The average molecular weight is 575 g/mol. The highest BCUT2D eigenvalue weighted by molar-refractivity contribution is 6.01. The molecule has 0 bridgehead atoms. The maximum atomic E-state index is 13.8. The number of carbonyl (C=O) groups excluding carboxylic acids is 2. The van der Waals surface area contributed by atoms with Crippen LogP contribution in [0.15, 0.2) is 66.7 Å². The molecule has 7 heteroatoms. The number of hydrogen-bond acceptors (Lipinski definition) is 3. The molecule has 2 fully saturated rings. The Morgan fingerprint density at radius 2 is 1.70 bits per heavy atom. The second-order valence-electron chi connectivity index (χ2n) is 12.3. The third kappa shape index (κ3) is 4.77. The summed E-state index contributed by atoms with van der Waals surface area (Å²) in [6.45, 7) is 1.53. The Morgan fingerprint density at radius 1 is 0.953 bits per heavy atom. The molecule has 0 unspecified atom stereocenters. The van der Waals surface area contributed by atoms with Crippen LogP contribution in [0.5, 0.6) is 0 Å². The number of nitrogens with zero attached hydrogens (tertiary/aromatic N) is 3. The van der Waals surface area contributed by atoms with Gasteiger partial charge in [-0.1, -0.05) is 31.1 Å². The summed E-state index contributed by atoms with van der Waals surface area (Å²) in [7, 11) is 4.02. The second kappa shape index (κ2) is 10.3. The van der Waals surface area contributed by atoms with Crippen LogP contribution in [0.1, 0.15) is 78.7 Å². The van der Waals surface area contributed by atoms with Crippen molar-refractivity contribution in [3.05, 3.63) is 95.1 Å². The van der Waals surface area contributed by atoms with Crippen LogP contribution in [0.2, 0.25) is 0 Å². The van der Waals surface area contributed by atoms with Crippen molar-refractivity contribution in [3.63, 3.8) is 0 Å². The van der Waals surface area contributed by atoms with Gasteiger partial charge in [-0.05, 0) is 110 Å². The molecule has 7 rings (SSSR count). The Hall–Kier alpha value is -4.52. The topological polar surface area (TPSA) is 68.9 Å². The number of fused-ring (bicyclic) bond motifs is 2. The first kappa shape index (κ1) is 27.3. The maximum Gasteiger partial charge on any atom is 0.252 e. The average Bonchev–Trinajstić information content (AvgIpc) is 3.30. The fourth-order valence-electron chi connectivity index (χ4n) is 6.96. The van der Waals surface area contributed by atoms with E-state index in [0.29, 0.717) is 11.5 Å². The first-order valence-corrected chi connectivity index (χ1v) is 15.1. The number of halogens is 1. The summed E-state index contributed by atoms with van der Waals surface area (Å²) in [6, 6.07) is 18.7. The zero-order chi connectivity index (χ0) is 29.9. The molecule has 2 aromatic heterocycles. The molecule has 0 radical (unpaired) electrons. The van der Waals surface area contributed by atoms with Crippen LogP contribution in [-0.4, -0.2) is 25.8 Å². The summed E-state index contributed by atoms with van der Waals surface area (Å²) >= 11 is 0. The zero-order valence-corrected chi connectivity index (χ0v) is 24.8. The minimum Gasteiger partial charge on any atom is -0.343 e. The summed E-state index contributed by atoms with van der Waals surface area (Å²) in [5.74, 6) is 0.924. The number of aryl methyl sites for hydroxylation is 2. The molecule has 218 valence electrons. The molecule has 0 saturated heterocycles. The fraction of sp³-hybridized carbons (Fsp3) is 0.306. The first-order chi connectivity index (χ1) is 20.7. The summed E-state index contributed by atoms with van der Waals surface area (Å²) in [5.41, 5.74) is 7.25. The number of hydrogen-bond donors (Lipinski definition) is 1. The van der Waals surface area contributed by atoms with Crippen LogP contribution in [0.25, 0.3) is 39.3 Å².